The minimum atomic E-state index is -0.146. The van der Waals surface area contributed by atoms with Crippen molar-refractivity contribution in [3.8, 4) is 0 Å². The van der Waals surface area contributed by atoms with E-state index >= 15 is 0 Å². The molecule has 0 unspecified atom stereocenters. The Labute approximate surface area is 175 Å². The molecule has 0 spiro atoms. The summed E-state index contributed by atoms with van der Waals surface area (Å²) in [5.74, 6) is 0.389. The summed E-state index contributed by atoms with van der Waals surface area (Å²) in [4.78, 5) is 36.1. The molecule has 9 nitrogen and oxygen atoms in total. The molecule has 152 valence electrons. The first-order chi connectivity index (χ1) is 14.7. The van der Waals surface area contributed by atoms with E-state index in [0.717, 1.165) is 16.4 Å². The maximum atomic E-state index is 12.6. The molecule has 4 heterocycles. The number of benzene rings is 1. The average molecular weight is 422 g/mol. The lowest BCUT2D eigenvalue weighted by Crippen LogP contribution is -2.51. The van der Waals surface area contributed by atoms with Gasteiger partial charge in [0, 0.05) is 37.1 Å². The molecule has 0 saturated carbocycles. The monoisotopic (exact) mass is 422 g/mol. The van der Waals surface area contributed by atoms with E-state index < -0.39 is 0 Å². The van der Waals surface area contributed by atoms with Gasteiger partial charge in [0.2, 0.25) is 11.1 Å². The maximum Gasteiger partial charge on any atom is 0.289 e. The van der Waals surface area contributed by atoms with E-state index in [0.29, 0.717) is 42.7 Å². The minimum absolute atomic E-state index is 0.00885. The highest BCUT2D eigenvalue weighted by Gasteiger charge is 2.26. The molecule has 1 aromatic carbocycles. The lowest BCUT2D eigenvalue weighted by Gasteiger charge is -2.34. The van der Waals surface area contributed by atoms with Crippen LogP contribution in [0, 0.1) is 0 Å². The van der Waals surface area contributed by atoms with Crippen LogP contribution in [0.5, 0.6) is 0 Å². The first-order valence-electron chi connectivity index (χ1n) is 9.53. The summed E-state index contributed by atoms with van der Waals surface area (Å²) < 4.78 is 5.16. The SMILES string of the molecule is O=C(CSc1nnc2c(n1)[nH]c1ccccc12)N1CCN(C(=O)c2ccco2)CC1. The van der Waals surface area contributed by atoms with Crippen LogP contribution in [0.4, 0.5) is 0 Å². The van der Waals surface area contributed by atoms with Gasteiger partial charge in [-0.1, -0.05) is 30.0 Å². The van der Waals surface area contributed by atoms with Crippen molar-refractivity contribution in [3.05, 3.63) is 48.4 Å². The summed E-state index contributed by atoms with van der Waals surface area (Å²) in [6.45, 7) is 1.95. The second kappa shape index (κ2) is 7.79. The van der Waals surface area contributed by atoms with Gasteiger partial charge in [0.25, 0.3) is 5.91 Å². The molecule has 0 atom stereocenters. The summed E-state index contributed by atoms with van der Waals surface area (Å²) in [7, 11) is 0. The average Bonchev–Trinajstić information content (AvgIpc) is 3.45. The van der Waals surface area contributed by atoms with Gasteiger partial charge >= 0.3 is 0 Å². The number of piperazine rings is 1. The standard InChI is InChI=1S/C20H18N6O3S/c27-16(25-7-9-26(10-8-25)19(28)15-6-3-11-29-15)12-30-20-22-18-17(23-24-20)13-4-1-2-5-14(13)21-18/h1-6,11H,7-10,12H2,(H,21,22,24). The van der Waals surface area contributed by atoms with Crippen LogP contribution in [0.2, 0.25) is 0 Å². The Bertz CT molecular complexity index is 1210. The Kier molecular flexibility index (Phi) is 4.83. The summed E-state index contributed by atoms with van der Waals surface area (Å²) >= 11 is 1.26. The number of nitrogens with one attached hydrogen (secondary N) is 1. The molecule has 0 radical (unpaired) electrons. The van der Waals surface area contributed by atoms with E-state index in [1.807, 2.05) is 24.3 Å². The predicted octanol–water partition coefficient (Wildman–Crippen LogP) is 2.18. The van der Waals surface area contributed by atoms with Crippen molar-refractivity contribution in [2.45, 2.75) is 5.16 Å². The number of fused-ring (bicyclic) bond motifs is 3. The molecular formula is C20H18N6O3S. The number of H-pyrrole nitrogens is 1. The summed E-state index contributed by atoms with van der Waals surface area (Å²) in [6, 6.07) is 11.2. The number of amides is 2. The van der Waals surface area contributed by atoms with Crippen molar-refractivity contribution >= 4 is 45.6 Å². The van der Waals surface area contributed by atoms with Gasteiger partial charge < -0.3 is 19.2 Å². The third-order valence-electron chi connectivity index (χ3n) is 5.08. The lowest BCUT2D eigenvalue weighted by molar-refractivity contribution is -0.129. The Hall–Kier alpha value is -3.40. The fourth-order valence-corrected chi connectivity index (χ4v) is 4.19. The Morgan fingerprint density at radius 2 is 1.83 bits per heavy atom. The maximum absolute atomic E-state index is 12.6. The van der Waals surface area contributed by atoms with E-state index in [1.165, 1.54) is 18.0 Å². The number of carbonyl (C=O) groups is 2. The number of aromatic amines is 1. The summed E-state index contributed by atoms with van der Waals surface area (Å²) in [6.07, 6.45) is 1.48. The van der Waals surface area contributed by atoms with Crippen molar-refractivity contribution < 1.29 is 14.0 Å². The highest BCUT2D eigenvalue weighted by molar-refractivity contribution is 7.99. The highest BCUT2D eigenvalue weighted by atomic mass is 32.2. The van der Waals surface area contributed by atoms with Crippen LogP contribution in [-0.2, 0) is 4.79 Å². The fourth-order valence-electron chi connectivity index (χ4n) is 3.50. The molecule has 5 rings (SSSR count). The number of nitrogens with zero attached hydrogens (tertiary/aromatic N) is 5. The number of para-hydroxylation sites is 1. The molecule has 1 fully saturated rings. The van der Waals surface area contributed by atoms with Crippen LogP contribution in [0.25, 0.3) is 22.1 Å². The summed E-state index contributed by atoms with van der Waals surface area (Å²) in [5.41, 5.74) is 2.33. The second-order valence-corrected chi connectivity index (χ2v) is 7.84. The predicted molar refractivity (Wildman–Crippen MR) is 111 cm³/mol. The normalized spacial score (nSPS) is 14.5. The zero-order valence-electron chi connectivity index (χ0n) is 15.9. The molecule has 3 aromatic heterocycles. The molecule has 1 N–H and O–H groups in total. The molecule has 0 bridgehead atoms. The Morgan fingerprint density at radius 1 is 1.03 bits per heavy atom. The zero-order chi connectivity index (χ0) is 20.5. The van der Waals surface area contributed by atoms with Gasteiger partial charge in [0.15, 0.2) is 11.4 Å². The first-order valence-corrected chi connectivity index (χ1v) is 10.5. The van der Waals surface area contributed by atoms with Crippen LogP contribution in [0.15, 0.2) is 52.2 Å². The summed E-state index contributed by atoms with van der Waals surface area (Å²) in [5, 5.41) is 9.86. The number of thioether (sulfide) groups is 1. The van der Waals surface area contributed by atoms with Crippen LogP contribution < -0.4 is 0 Å². The van der Waals surface area contributed by atoms with Crippen molar-refractivity contribution in [1.29, 1.82) is 0 Å². The molecule has 0 aliphatic carbocycles. The van der Waals surface area contributed by atoms with E-state index in [4.69, 9.17) is 4.42 Å². The first kappa shape index (κ1) is 18.6. The minimum Gasteiger partial charge on any atom is -0.459 e. The van der Waals surface area contributed by atoms with Gasteiger partial charge in [-0.15, -0.1) is 10.2 Å². The van der Waals surface area contributed by atoms with Crippen molar-refractivity contribution in [3.63, 3.8) is 0 Å². The van der Waals surface area contributed by atoms with E-state index in [2.05, 4.69) is 20.2 Å². The molecule has 10 heteroatoms. The van der Waals surface area contributed by atoms with Gasteiger partial charge in [0.05, 0.1) is 12.0 Å². The number of rotatable bonds is 4. The third-order valence-corrected chi connectivity index (χ3v) is 5.90. The Balaban J connectivity index is 1.18. The number of hydrogen-bond donors (Lipinski definition) is 1. The number of carbonyl (C=O) groups excluding carboxylic acids is 2. The van der Waals surface area contributed by atoms with Gasteiger partial charge in [-0.3, -0.25) is 9.59 Å². The lowest BCUT2D eigenvalue weighted by atomic mass is 10.2. The van der Waals surface area contributed by atoms with E-state index in [1.54, 1.807) is 21.9 Å². The molecule has 30 heavy (non-hydrogen) atoms. The smallest absolute Gasteiger partial charge is 0.289 e. The largest absolute Gasteiger partial charge is 0.459 e. The molecule has 1 aliphatic heterocycles. The molecule has 2 amide bonds. The van der Waals surface area contributed by atoms with Gasteiger partial charge in [-0.05, 0) is 18.2 Å². The molecule has 1 saturated heterocycles. The van der Waals surface area contributed by atoms with Crippen molar-refractivity contribution in [2.75, 3.05) is 31.9 Å². The van der Waals surface area contributed by atoms with Crippen LogP contribution in [0.1, 0.15) is 10.6 Å². The quantitative estimate of drug-likeness (QED) is 0.502. The second-order valence-electron chi connectivity index (χ2n) is 6.90. The number of aromatic nitrogens is 4. The van der Waals surface area contributed by atoms with E-state index in [-0.39, 0.29) is 17.6 Å². The van der Waals surface area contributed by atoms with Gasteiger partial charge in [0.1, 0.15) is 5.52 Å². The number of furan rings is 1. The third kappa shape index (κ3) is 3.50. The van der Waals surface area contributed by atoms with Crippen molar-refractivity contribution in [2.24, 2.45) is 0 Å². The topological polar surface area (TPSA) is 108 Å². The molecule has 1 aliphatic rings. The zero-order valence-corrected chi connectivity index (χ0v) is 16.8. The van der Waals surface area contributed by atoms with Gasteiger partial charge in [-0.25, -0.2) is 4.98 Å². The fraction of sp³-hybridized carbons (Fsp3) is 0.250. The van der Waals surface area contributed by atoms with Crippen LogP contribution in [0.3, 0.4) is 0 Å². The van der Waals surface area contributed by atoms with Crippen molar-refractivity contribution in [1.82, 2.24) is 30.0 Å². The molecular weight excluding hydrogens is 404 g/mol. The van der Waals surface area contributed by atoms with E-state index in [9.17, 15) is 9.59 Å². The number of hydrogen-bond acceptors (Lipinski definition) is 7. The van der Waals surface area contributed by atoms with Crippen LogP contribution in [-0.4, -0.2) is 73.7 Å². The Morgan fingerprint density at radius 3 is 2.63 bits per heavy atom. The van der Waals surface area contributed by atoms with Crippen LogP contribution >= 0.6 is 11.8 Å². The highest BCUT2D eigenvalue weighted by Crippen LogP contribution is 2.23. The van der Waals surface area contributed by atoms with Gasteiger partial charge in [-0.2, -0.15) is 0 Å². The molecule has 4 aromatic rings.